The van der Waals surface area contributed by atoms with Gasteiger partial charge in [0.1, 0.15) is 0 Å². The Morgan fingerprint density at radius 3 is 2.00 bits per heavy atom. The fraction of sp³-hybridized carbons (Fsp3) is 0.545. The van der Waals surface area contributed by atoms with E-state index in [0.29, 0.717) is 0 Å². The van der Waals surface area contributed by atoms with Crippen LogP contribution in [0.4, 0.5) is 0 Å². The summed E-state index contributed by atoms with van der Waals surface area (Å²) in [5.41, 5.74) is 1.89. The Balaban J connectivity index is 2.33. The van der Waals surface area contributed by atoms with Crippen molar-refractivity contribution < 1.29 is 4.73 Å². The summed E-state index contributed by atoms with van der Waals surface area (Å²) in [5, 5.41) is 11.7. The number of rotatable bonds is 0. The van der Waals surface area contributed by atoms with E-state index >= 15 is 0 Å². The van der Waals surface area contributed by atoms with Crippen LogP contribution in [0.5, 0.6) is 0 Å². The van der Waals surface area contributed by atoms with Crippen LogP contribution < -0.4 is 4.73 Å². The van der Waals surface area contributed by atoms with Gasteiger partial charge in [-0.25, -0.2) is 0 Å². The fourth-order valence-electron chi connectivity index (χ4n) is 1.93. The molecule has 0 aromatic carbocycles. The summed E-state index contributed by atoms with van der Waals surface area (Å²) >= 11 is 0. The highest BCUT2D eigenvalue weighted by Gasteiger charge is 2.12. The molecule has 70 valence electrons. The van der Waals surface area contributed by atoms with Gasteiger partial charge in [0, 0.05) is 25.0 Å². The average Bonchev–Trinajstić information content (AvgIpc) is 2.21. The number of nitrogens with zero attached hydrogens (tertiary/aromatic N) is 1. The molecule has 13 heavy (non-hydrogen) atoms. The molecule has 0 fully saturated rings. The van der Waals surface area contributed by atoms with Crippen molar-refractivity contribution in [3.8, 4) is 0 Å². The standard InChI is InChI=1S/C11H15NO/c13-12-10-6-3-1-2-4-7-11(12)9-5-8-10/h5,8-9H,1-4,6-7H2. The van der Waals surface area contributed by atoms with Crippen LogP contribution >= 0.6 is 0 Å². The second kappa shape index (κ2) is 3.77. The Morgan fingerprint density at radius 2 is 1.46 bits per heavy atom. The third kappa shape index (κ3) is 1.82. The van der Waals surface area contributed by atoms with Crippen LogP contribution in [0.3, 0.4) is 0 Å². The monoisotopic (exact) mass is 177 g/mol. The molecule has 2 rings (SSSR count). The largest absolute Gasteiger partial charge is 0.618 e. The van der Waals surface area contributed by atoms with Crippen molar-refractivity contribution in [3.05, 3.63) is 34.8 Å². The van der Waals surface area contributed by atoms with Crippen LogP contribution in [0.15, 0.2) is 18.2 Å². The van der Waals surface area contributed by atoms with E-state index in [1.807, 2.05) is 18.2 Å². The molecule has 0 radical (unpaired) electrons. The van der Waals surface area contributed by atoms with Gasteiger partial charge < -0.3 is 5.21 Å². The minimum absolute atomic E-state index is 0.942. The molecule has 0 atom stereocenters. The topological polar surface area (TPSA) is 26.9 Å². The van der Waals surface area contributed by atoms with Gasteiger partial charge in [-0.05, 0) is 18.9 Å². The first-order valence-electron chi connectivity index (χ1n) is 5.08. The van der Waals surface area contributed by atoms with E-state index in [4.69, 9.17) is 0 Å². The molecule has 1 aliphatic rings. The molecule has 0 saturated carbocycles. The van der Waals surface area contributed by atoms with E-state index in [2.05, 4.69) is 0 Å². The molecule has 2 heteroatoms. The fourth-order valence-corrected chi connectivity index (χ4v) is 1.93. The van der Waals surface area contributed by atoms with E-state index in [9.17, 15) is 5.21 Å². The minimum Gasteiger partial charge on any atom is -0.618 e. The molecule has 0 spiro atoms. The van der Waals surface area contributed by atoms with Crippen LogP contribution in [0, 0.1) is 5.21 Å². The van der Waals surface area contributed by atoms with Crippen LogP contribution in [0.25, 0.3) is 0 Å². The van der Waals surface area contributed by atoms with Crippen LogP contribution in [0.1, 0.15) is 37.1 Å². The van der Waals surface area contributed by atoms with Gasteiger partial charge in [-0.2, -0.15) is 4.73 Å². The number of fused-ring (bicyclic) bond motifs is 2. The summed E-state index contributed by atoms with van der Waals surface area (Å²) in [7, 11) is 0. The van der Waals surface area contributed by atoms with Gasteiger partial charge in [-0.1, -0.05) is 12.8 Å². The zero-order chi connectivity index (χ0) is 9.10. The lowest BCUT2D eigenvalue weighted by atomic mass is 10.1. The van der Waals surface area contributed by atoms with Gasteiger partial charge in [-0.3, -0.25) is 0 Å². The first-order chi connectivity index (χ1) is 6.38. The summed E-state index contributed by atoms with van der Waals surface area (Å²) in [4.78, 5) is 0. The van der Waals surface area contributed by atoms with Gasteiger partial charge in [0.05, 0.1) is 0 Å². The molecule has 1 aromatic rings. The molecule has 0 saturated heterocycles. The predicted octanol–water partition coefficient (Wildman–Crippen LogP) is 1.98. The lowest BCUT2D eigenvalue weighted by Gasteiger charge is -2.06. The highest BCUT2D eigenvalue weighted by atomic mass is 16.5. The van der Waals surface area contributed by atoms with Crippen molar-refractivity contribution in [1.29, 1.82) is 0 Å². The number of aryl methyl sites for hydroxylation is 2. The van der Waals surface area contributed by atoms with Crippen molar-refractivity contribution in [2.24, 2.45) is 0 Å². The maximum absolute atomic E-state index is 11.7. The summed E-state index contributed by atoms with van der Waals surface area (Å²) < 4.78 is 1.13. The Hall–Kier alpha value is -1.05. The second-order valence-corrected chi connectivity index (χ2v) is 3.72. The third-order valence-corrected chi connectivity index (χ3v) is 2.71. The van der Waals surface area contributed by atoms with Crippen molar-refractivity contribution in [2.45, 2.75) is 38.5 Å². The second-order valence-electron chi connectivity index (χ2n) is 3.72. The first-order valence-corrected chi connectivity index (χ1v) is 5.08. The number of pyridine rings is 1. The lowest BCUT2D eigenvalue weighted by Crippen LogP contribution is -2.36. The number of hydrogen-bond acceptors (Lipinski definition) is 1. The zero-order valence-corrected chi connectivity index (χ0v) is 7.83. The summed E-state index contributed by atoms with van der Waals surface area (Å²) in [5.74, 6) is 0. The molecule has 2 nitrogen and oxygen atoms in total. The Kier molecular flexibility index (Phi) is 2.48. The van der Waals surface area contributed by atoms with Gasteiger partial charge in [0.15, 0.2) is 11.4 Å². The number of aromatic nitrogens is 1. The predicted molar refractivity (Wildman–Crippen MR) is 51.3 cm³/mol. The summed E-state index contributed by atoms with van der Waals surface area (Å²) in [6, 6.07) is 5.90. The van der Waals surface area contributed by atoms with Crippen LogP contribution in [-0.2, 0) is 12.8 Å². The van der Waals surface area contributed by atoms with Crippen LogP contribution in [0.2, 0.25) is 0 Å². The molecule has 0 aliphatic carbocycles. The molecule has 2 bridgehead atoms. The highest BCUT2D eigenvalue weighted by Crippen LogP contribution is 2.11. The van der Waals surface area contributed by atoms with Gasteiger partial charge in [0.2, 0.25) is 0 Å². The van der Waals surface area contributed by atoms with Gasteiger partial charge >= 0.3 is 0 Å². The maximum Gasteiger partial charge on any atom is 0.193 e. The minimum atomic E-state index is 0.942. The van der Waals surface area contributed by atoms with E-state index in [-0.39, 0.29) is 0 Å². The molecular formula is C11H15NO. The molecular weight excluding hydrogens is 162 g/mol. The van der Waals surface area contributed by atoms with E-state index in [0.717, 1.165) is 41.8 Å². The van der Waals surface area contributed by atoms with Crippen molar-refractivity contribution in [1.82, 2.24) is 0 Å². The SMILES string of the molecule is [O-][n+]1c2cccc1CCCCCC2. The molecule has 0 amide bonds. The Labute approximate surface area is 78.8 Å². The van der Waals surface area contributed by atoms with Crippen LogP contribution in [-0.4, -0.2) is 0 Å². The molecule has 0 N–H and O–H groups in total. The van der Waals surface area contributed by atoms with E-state index in [1.165, 1.54) is 12.8 Å². The third-order valence-electron chi connectivity index (χ3n) is 2.71. The van der Waals surface area contributed by atoms with Gasteiger partial charge in [-0.15, -0.1) is 0 Å². The molecule has 0 unspecified atom stereocenters. The smallest absolute Gasteiger partial charge is 0.193 e. The summed E-state index contributed by atoms with van der Waals surface area (Å²) in [6.07, 6.45) is 6.73. The van der Waals surface area contributed by atoms with E-state index in [1.54, 1.807) is 0 Å². The van der Waals surface area contributed by atoms with Gasteiger partial charge in [0.25, 0.3) is 0 Å². The Morgan fingerprint density at radius 1 is 0.923 bits per heavy atom. The maximum atomic E-state index is 11.7. The lowest BCUT2D eigenvalue weighted by molar-refractivity contribution is -0.622. The quantitative estimate of drug-likeness (QED) is 0.439. The van der Waals surface area contributed by atoms with Crippen molar-refractivity contribution >= 4 is 0 Å². The average molecular weight is 177 g/mol. The zero-order valence-electron chi connectivity index (χ0n) is 7.83. The Bertz CT molecular complexity index is 270. The van der Waals surface area contributed by atoms with Crippen molar-refractivity contribution in [3.63, 3.8) is 0 Å². The number of hydrogen-bond donors (Lipinski definition) is 0. The van der Waals surface area contributed by atoms with E-state index < -0.39 is 0 Å². The highest BCUT2D eigenvalue weighted by molar-refractivity contribution is 5.05. The first kappa shape index (κ1) is 8.54. The molecule has 1 aromatic heterocycles. The molecule has 2 heterocycles. The van der Waals surface area contributed by atoms with Crippen molar-refractivity contribution in [2.75, 3.05) is 0 Å². The summed E-state index contributed by atoms with van der Waals surface area (Å²) in [6.45, 7) is 0. The molecule has 1 aliphatic heterocycles. The normalized spacial score (nSPS) is 17.2.